The fourth-order valence-corrected chi connectivity index (χ4v) is 2.31. The number of hydrogen-bond donors (Lipinski definition) is 1. The zero-order valence-corrected chi connectivity index (χ0v) is 12.5. The summed E-state index contributed by atoms with van der Waals surface area (Å²) in [5, 5.41) is 3.63. The third-order valence-corrected chi connectivity index (χ3v) is 4.32. The smallest absolute Gasteiger partial charge is 0.118 e. The molecule has 0 aliphatic heterocycles. The van der Waals surface area contributed by atoms with Crippen molar-refractivity contribution in [3.8, 4) is 5.75 Å². The van der Waals surface area contributed by atoms with Gasteiger partial charge in [-0.15, -0.1) is 0 Å². The summed E-state index contributed by atoms with van der Waals surface area (Å²) in [7, 11) is 1.71. The lowest BCUT2D eigenvalue weighted by molar-refractivity contribution is 0.346. The molecule has 2 nitrogen and oxygen atoms in total. The third-order valence-electron chi connectivity index (χ3n) is 4.32. The van der Waals surface area contributed by atoms with Crippen LogP contribution in [0.2, 0.25) is 0 Å². The Labute approximate surface area is 117 Å². The third kappa shape index (κ3) is 4.87. The number of hydrogen-bond acceptors (Lipinski definition) is 2. The molecular weight excluding hydrogens is 234 g/mol. The summed E-state index contributed by atoms with van der Waals surface area (Å²) in [5.74, 6) is 2.48. The van der Waals surface area contributed by atoms with Gasteiger partial charge in [0.2, 0.25) is 0 Å². The van der Waals surface area contributed by atoms with Gasteiger partial charge in [-0.05, 0) is 61.8 Å². The molecule has 1 aromatic rings. The van der Waals surface area contributed by atoms with Gasteiger partial charge in [0.15, 0.2) is 0 Å². The molecule has 106 valence electrons. The van der Waals surface area contributed by atoms with Gasteiger partial charge in [-0.3, -0.25) is 0 Å². The lowest BCUT2D eigenvalue weighted by Gasteiger charge is -2.20. The zero-order chi connectivity index (χ0) is 13.7. The molecule has 2 unspecified atom stereocenters. The molecule has 0 bridgehead atoms. The maximum Gasteiger partial charge on any atom is 0.118 e. The number of methoxy groups -OCH3 is 1. The van der Waals surface area contributed by atoms with Crippen molar-refractivity contribution in [3.05, 3.63) is 29.8 Å². The molecule has 0 amide bonds. The molecule has 0 aromatic heterocycles. The van der Waals surface area contributed by atoms with Crippen LogP contribution >= 0.6 is 0 Å². The molecule has 0 saturated heterocycles. The van der Waals surface area contributed by atoms with Crippen molar-refractivity contribution in [1.29, 1.82) is 0 Å². The highest BCUT2D eigenvalue weighted by molar-refractivity contribution is 5.27. The van der Waals surface area contributed by atoms with Gasteiger partial charge in [0.1, 0.15) is 5.75 Å². The van der Waals surface area contributed by atoms with E-state index in [4.69, 9.17) is 4.74 Å². The highest BCUT2D eigenvalue weighted by Gasteiger charge is 2.22. The van der Waals surface area contributed by atoms with Crippen LogP contribution in [0.5, 0.6) is 5.75 Å². The summed E-state index contributed by atoms with van der Waals surface area (Å²) in [6.07, 6.45) is 5.19. The molecule has 1 aliphatic carbocycles. The molecule has 0 spiro atoms. The molecule has 0 radical (unpaired) electrons. The average molecular weight is 261 g/mol. The van der Waals surface area contributed by atoms with E-state index in [2.05, 4.69) is 43.4 Å². The first-order valence-corrected chi connectivity index (χ1v) is 7.55. The van der Waals surface area contributed by atoms with E-state index in [1.54, 1.807) is 7.11 Å². The van der Waals surface area contributed by atoms with E-state index in [-0.39, 0.29) is 0 Å². The van der Waals surface area contributed by atoms with E-state index in [1.807, 2.05) is 0 Å². The lowest BCUT2D eigenvalue weighted by Crippen LogP contribution is -2.27. The van der Waals surface area contributed by atoms with E-state index >= 15 is 0 Å². The maximum absolute atomic E-state index is 5.18. The van der Waals surface area contributed by atoms with Crippen LogP contribution in [-0.2, 0) is 6.42 Å². The summed E-state index contributed by atoms with van der Waals surface area (Å²) in [5.41, 5.74) is 1.41. The van der Waals surface area contributed by atoms with Crippen LogP contribution in [-0.4, -0.2) is 19.7 Å². The van der Waals surface area contributed by atoms with Crippen molar-refractivity contribution in [2.75, 3.05) is 13.7 Å². The largest absolute Gasteiger partial charge is 0.497 e. The predicted octanol–water partition coefficient (Wildman–Crippen LogP) is 3.65. The molecule has 2 rings (SSSR count). The van der Waals surface area contributed by atoms with Crippen molar-refractivity contribution in [3.63, 3.8) is 0 Å². The van der Waals surface area contributed by atoms with Gasteiger partial charge in [0, 0.05) is 6.04 Å². The number of benzene rings is 1. The Morgan fingerprint density at radius 1 is 1.16 bits per heavy atom. The van der Waals surface area contributed by atoms with Crippen LogP contribution in [0, 0.1) is 11.8 Å². The van der Waals surface area contributed by atoms with E-state index in [0.717, 1.165) is 23.6 Å². The minimum absolute atomic E-state index is 0.763. The predicted molar refractivity (Wildman–Crippen MR) is 80.7 cm³/mol. The summed E-state index contributed by atoms with van der Waals surface area (Å²) in [4.78, 5) is 0. The van der Waals surface area contributed by atoms with Gasteiger partial charge in [-0.25, -0.2) is 0 Å². The van der Waals surface area contributed by atoms with Gasteiger partial charge in [-0.1, -0.05) is 26.0 Å². The van der Waals surface area contributed by atoms with E-state index in [1.165, 1.54) is 37.8 Å². The first-order valence-electron chi connectivity index (χ1n) is 7.55. The first kappa shape index (κ1) is 14.4. The summed E-state index contributed by atoms with van der Waals surface area (Å²) in [6.45, 7) is 5.92. The quantitative estimate of drug-likeness (QED) is 0.771. The summed E-state index contributed by atoms with van der Waals surface area (Å²) < 4.78 is 5.18. The maximum atomic E-state index is 5.18. The molecule has 2 heteroatoms. The molecule has 1 fully saturated rings. The molecule has 19 heavy (non-hydrogen) atoms. The number of rotatable bonds is 8. The van der Waals surface area contributed by atoms with Crippen molar-refractivity contribution >= 4 is 0 Å². The highest BCUT2D eigenvalue weighted by Crippen LogP contribution is 2.22. The van der Waals surface area contributed by atoms with Crippen LogP contribution in [0.25, 0.3) is 0 Å². The molecule has 1 saturated carbocycles. The Hall–Kier alpha value is -1.02. The van der Waals surface area contributed by atoms with Gasteiger partial charge >= 0.3 is 0 Å². The Balaban J connectivity index is 1.70. The SMILES string of the molecule is COc1ccc(CCC(C)C(C)CNC2CC2)cc1. The van der Waals surface area contributed by atoms with E-state index in [0.29, 0.717) is 0 Å². The molecule has 1 aromatic carbocycles. The molecule has 1 N–H and O–H groups in total. The lowest BCUT2D eigenvalue weighted by atomic mass is 9.90. The first-order chi connectivity index (χ1) is 9.19. The summed E-state index contributed by atoms with van der Waals surface area (Å²) >= 11 is 0. The second kappa shape index (κ2) is 6.95. The minimum atomic E-state index is 0.763. The molecule has 2 atom stereocenters. The van der Waals surface area contributed by atoms with Crippen LogP contribution in [0.3, 0.4) is 0 Å². The Kier molecular flexibility index (Phi) is 5.26. The van der Waals surface area contributed by atoms with Gasteiger partial charge in [-0.2, -0.15) is 0 Å². The van der Waals surface area contributed by atoms with Crippen LogP contribution in [0.1, 0.15) is 38.7 Å². The van der Waals surface area contributed by atoms with Gasteiger partial charge in [0.05, 0.1) is 7.11 Å². The Morgan fingerprint density at radius 3 is 2.42 bits per heavy atom. The number of aryl methyl sites for hydroxylation is 1. The monoisotopic (exact) mass is 261 g/mol. The topological polar surface area (TPSA) is 21.3 Å². The second-order valence-electron chi connectivity index (χ2n) is 6.02. The number of ether oxygens (including phenoxy) is 1. The Morgan fingerprint density at radius 2 is 1.84 bits per heavy atom. The van der Waals surface area contributed by atoms with E-state index in [9.17, 15) is 0 Å². The van der Waals surface area contributed by atoms with Crippen molar-refractivity contribution in [2.24, 2.45) is 11.8 Å². The van der Waals surface area contributed by atoms with Gasteiger partial charge in [0.25, 0.3) is 0 Å². The van der Waals surface area contributed by atoms with Crippen LogP contribution in [0.15, 0.2) is 24.3 Å². The standard InChI is InChI=1S/C17H27NO/c1-13(14(2)12-18-16-8-9-16)4-5-15-6-10-17(19-3)11-7-15/h6-7,10-11,13-14,16,18H,4-5,8-9,12H2,1-3H3. The highest BCUT2D eigenvalue weighted by atomic mass is 16.5. The zero-order valence-electron chi connectivity index (χ0n) is 12.5. The van der Waals surface area contributed by atoms with Crippen molar-refractivity contribution in [1.82, 2.24) is 5.32 Å². The molecule has 1 aliphatic rings. The average Bonchev–Trinajstić information content (AvgIpc) is 3.26. The number of nitrogens with one attached hydrogen (secondary N) is 1. The fourth-order valence-electron chi connectivity index (χ4n) is 2.31. The molecule has 0 heterocycles. The Bertz CT molecular complexity index is 369. The second-order valence-corrected chi connectivity index (χ2v) is 6.02. The minimum Gasteiger partial charge on any atom is -0.497 e. The molecular formula is C17H27NO. The van der Waals surface area contributed by atoms with Crippen molar-refractivity contribution < 1.29 is 4.74 Å². The van der Waals surface area contributed by atoms with E-state index < -0.39 is 0 Å². The van der Waals surface area contributed by atoms with Crippen LogP contribution < -0.4 is 10.1 Å². The normalized spacial score (nSPS) is 18.1. The van der Waals surface area contributed by atoms with Crippen LogP contribution in [0.4, 0.5) is 0 Å². The fraction of sp³-hybridized carbons (Fsp3) is 0.647. The summed E-state index contributed by atoms with van der Waals surface area (Å²) in [6, 6.07) is 9.30. The van der Waals surface area contributed by atoms with Gasteiger partial charge < -0.3 is 10.1 Å². The van der Waals surface area contributed by atoms with Crippen molar-refractivity contribution in [2.45, 2.75) is 45.6 Å².